The molecule has 1 aromatic carbocycles. The Morgan fingerprint density at radius 3 is 3.05 bits per heavy atom. The number of halogens is 1. The topological polar surface area (TPSA) is 79.2 Å². The fraction of sp³-hybridized carbons (Fsp3) is 0.375. The van der Waals surface area contributed by atoms with Crippen molar-refractivity contribution in [3.63, 3.8) is 0 Å². The number of nitrogens with one attached hydrogen (secondary N) is 1. The van der Waals surface area contributed by atoms with Crippen molar-refractivity contribution in [2.45, 2.75) is 19.4 Å². The lowest BCUT2D eigenvalue weighted by atomic mass is 9.97. The predicted octanol–water partition coefficient (Wildman–Crippen LogP) is 1.88. The summed E-state index contributed by atoms with van der Waals surface area (Å²) >= 11 is 6.16. The first-order valence-corrected chi connectivity index (χ1v) is 7.74. The molecule has 6 heteroatoms. The van der Waals surface area contributed by atoms with Crippen molar-refractivity contribution in [2.75, 3.05) is 13.1 Å². The fourth-order valence-corrected chi connectivity index (χ4v) is 3.27. The van der Waals surface area contributed by atoms with Crippen LogP contribution in [0.4, 0.5) is 0 Å². The summed E-state index contributed by atoms with van der Waals surface area (Å²) in [6.45, 7) is 2.12. The van der Waals surface area contributed by atoms with Crippen LogP contribution in [0, 0.1) is 5.92 Å². The maximum absolute atomic E-state index is 12.2. The molecule has 1 fully saturated rings. The van der Waals surface area contributed by atoms with Crippen LogP contribution >= 0.6 is 11.6 Å². The number of benzene rings is 1. The number of amides is 1. The number of carbonyl (C=O) groups excluding carboxylic acids is 1. The summed E-state index contributed by atoms with van der Waals surface area (Å²) in [6, 6.07) is 6.88. The number of nitrogens with zero attached hydrogens (tertiary/aromatic N) is 1. The highest BCUT2D eigenvalue weighted by molar-refractivity contribution is 6.35. The Labute approximate surface area is 133 Å². The molecule has 1 unspecified atom stereocenters. The molecular weight excluding hydrogens is 302 g/mol. The zero-order chi connectivity index (χ0) is 15.7. The van der Waals surface area contributed by atoms with Crippen molar-refractivity contribution in [3.8, 4) is 0 Å². The Hall–Kier alpha value is -1.85. The van der Waals surface area contributed by atoms with E-state index in [0.29, 0.717) is 29.0 Å². The van der Waals surface area contributed by atoms with Gasteiger partial charge in [0.1, 0.15) is 0 Å². The van der Waals surface area contributed by atoms with Crippen molar-refractivity contribution in [1.82, 2.24) is 9.88 Å². The lowest BCUT2D eigenvalue weighted by Crippen LogP contribution is -2.40. The lowest BCUT2D eigenvalue weighted by molar-refractivity contribution is -0.123. The van der Waals surface area contributed by atoms with Crippen molar-refractivity contribution in [2.24, 2.45) is 11.7 Å². The van der Waals surface area contributed by atoms with Gasteiger partial charge in [0.05, 0.1) is 16.5 Å². The van der Waals surface area contributed by atoms with Crippen LogP contribution in [-0.2, 0) is 11.3 Å². The number of rotatable bonds is 3. The molecule has 0 saturated carbocycles. The molecule has 3 rings (SSSR count). The Bertz CT molecular complexity index is 772. The minimum absolute atomic E-state index is 0.0466. The van der Waals surface area contributed by atoms with Gasteiger partial charge in [-0.25, -0.2) is 0 Å². The molecule has 1 saturated heterocycles. The standard InChI is InChI=1S/C16H18ClN3O2/c17-13-5-1-4-12-14(21)7-11(19-15(12)13)9-20-6-2-3-10(8-20)16(18)22/h1,4-5,7,10H,2-3,6,8-9H2,(H2,18,22)(H,19,21). The zero-order valence-electron chi connectivity index (χ0n) is 12.1. The Morgan fingerprint density at radius 1 is 1.45 bits per heavy atom. The average Bonchev–Trinajstić information content (AvgIpc) is 2.49. The first-order valence-electron chi connectivity index (χ1n) is 7.36. The lowest BCUT2D eigenvalue weighted by Gasteiger charge is -2.31. The van der Waals surface area contributed by atoms with E-state index in [2.05, 4.69) is 9.88 Å². The van der Waals surface area contributed by atoms with Crippen molar-refractivity contribution in [1.29, 1.82) is 0 Å². The largest absolute Gasteiger partial charge is 0.369 e. The number of carbonyl (C=O) groups is 1. The molecule has 0 aliphatic carbocycles. The molecule has 0 bridgehead atoms. The quantitative estimate of drug-likeness (QED) is 0.906. The molecule has 5 nitrogen and oxygen atoms in total. The molecule has 1 amide bonds. The number of fused-ring (bicyclic) bond motifs is 1. The summed E-state index contributed by atoms with van der Waals surface area (Å²) in [6.07, 6.45) is 1.78. The number of piperidine rings is 1. The van der Waals surface area contributed by atoms with Gasteiger partial charge in [0.15, 0.2) is 5.43 Å². The highest BCUT2D eigenvalue weighted by Gasteiger charge is 2.24. The normalized spacial score (nSPS) is 19.4. The molecule has 1 atom stereocenters. The Balaban J connectivity index is 1.86. The van der Waals surface area contributed by atoms with Crippen LogP contribution in [0.2, 0.25) is 5.02 Å². The molecule has 2 heterocycles. The van der Waals surface area contributed by atoms with E-state index in [4.69, 9.17) is 17.3 Å². The average molecular weight is 320 g/mol. The van der Waals surface area contributed by atoms with Crippen LogP contribution in [0.3, 0.4) is 0 Å². The molecule has 1 aliphatic heterocycles. The third-order valence-electron chi connectivity index (χ3n) is 4.17. The number of aromatic nitrogens is 1. The van der Waals surface area contributed by atoms with Gasteiger partial charge in [-0.15, -0.1) is 0 Å². The number of aromatic amines is 1. The zero-order valence-corrected chi connectivity index (χ0v) is 12.9. The van der Waals surface area contributed by atoms with Crippen molar-refractivity contribution >= 4 is 28.4 Å². The molecule has 0 spiro atoms. The second-order valence-corrected chi connectivity index (χ2v) is 6.21. The summed E-state index contributed by atoms with van der Waals surface area (Å²) in [5.41, 5.74) is 6.82. The van der Waals surface area contributed by atoms with Gasteiger partial charge in [-0.2, -0.15) is 0 Å². The van der Waals surface area contributed by atoms with Gasteiger partial charge in [0.2, 0.25) is 5.91 Å². The molecule has 22 heavy (non-hydrogen) atoms. The fourth-order valence-electron chi connectivity index (χ4n) is 3.05. The van der Waals surface area contributed by atoms with Gasteiger partial charge in [-0.05, 0) is 31.5 Å². The van der Waals surface area contributed by atoms with Crippen LogP contribution in [-0.4, -0.2) is 28.9 Å². The Morgan fingerprint density at radius 2 is 2.27 bits per heavy atom. The third-order valence-corrected chi connectivity index (χ3v) is 4.49. The Kier molecular flexibility index (Phi) is 4.18. The highest BCUT2D eigenvalue weighted by Crippen LogP contribution is 2.21. The van der Waals surface area contributed by atoms with E-state index in [1.54, 1.807) is 24.3 Å². The number of para-hydroxylation sites is 1. The third kappa shape index (κ3) is 3.00. The second-order valence-electron chi connectivity index (χ2n) is 5.80. The van der Waals surface area contributed by atoms with Crippen LogP contribution < -0.4 is 11.2 Å². The summed E-state index contributed by atoms with van der Waals surface area (Å²) in [5, 5.41) is 1.12. The van der Waals surface area contributed by atoms with E-state index < -0.39 is 0 Å². The number of primary amides is 1. The monoisotopic (exact) mass is 319 g/mol. The summed E-state index contributed by atoms with van der Waals surface area (Å²) in [4.78, 5) is 28.9. The number of hydrogen-bond donors (Lipinski definition) is 2. The number of nitrogens with two attached hydrogens (primary N) is 1. The van der Waals surface area contributed by atoms with Gasteiger partial charge in [0, 0.05) is 30.2 Å². The van der Waals surface area contributed by atoms with Gasteiger partial charge >= 0.3 is 0 Å². The maximum atomic E-state index is 12.2. The first-order chi connectivity index (χ1) is 10.5. The minimum atomic E-state index is -0.250. The van der Waals surface area contributed by atoms with E-state index in [-0.39, 0.29) is 17.3 Å². The molecule has 3 N–H and O–H groups in total. The number of H-pyrrole nitrogens is 1. The first kappa shape index (κ1) is 15.1. The molecule has 1 aromatic heterocycles. The number of pyridine rings is 1. The van der Waals surface area contributed by atoms with Crippen LogP contribution in [0.15, 0.2) is 29.1 Å². The minimum Gasteiger partial charge on any atom is -0.369 e. The van der Waals surface area contributed by atoms with E-state index in [9.17, 15) is 9.59 Å². The predicted molar refractivity (Wildman–Crippen MR) is 86.8 cm³/mol. The maximum Gasteiger partial charge on any atom is 0.221 e. The molecule has 116 valence electrons. The second kappa shape index (κ2) is 6.10. The van der Waals surface area contributed by atoms with E-state index in [1.165, 1.54) is 0 Å². The van der Waals surface area contributed by atoms with Crippen molar-refractivity contribution in [3.05, 3.63) is 45.2 Å². The van der Waals surface area contributed by atoms with Crippen LogP contribution in [0.1, 0.15) is 18.5 Å². The molecule has 1 aliphatic rings. The van der Waals surface area contributed by atoms with Gasteiger partial charge in [-0.1, -0.05) is 17.7 Å². The van der Waals surface area contributed by atoms with E-state index >= 15 is 0 Å². The summed E-state index contributed by atoms with van der Waals surface area (Å²) in [7, 11) is 0. The molecular formula is C16H18ClN3O2. The number of hydrogen-bond acceptors (Lipinski definition) is 3. The van der Waals surface area contributed by atoms with E-state index in [1.807, 2.05) is 0 Å². The summed E-state index contributed by atoms with van der Waals surface area (Å²) in [5.74, 6) is -0.357. The van der Waals surface area contributed by atoms with E-state index in [0.717, 1.165) is 25.1 Å². The van der Waals surface area contributed by atoms with Gasteiger partial charge in [-0.3, -0.25) is 14.5 Å². The van der Waals surface area contributed by atoms with Crippen LogP contribution in [0.25, 0.3) is 10.9 Å². The highest BCUT2D eigenvalue weighted by atomic mass is 35.5. The summed E-state index contributed by atoms with van der Waals surface area (Å²) < 4.78 is 0. The van der Waals surface area contributed by atoms with Crippen molar-refractivity contribution < 1.29 is 4.79 Å². The number of likely N-dealkylation sites (tertiary alicyclic amines) is 1. The molecule has 2 aromatic rings. The van der Waals surface area contributed by atoms with Gasteiger partial charge in [0.25, 0.3) is 0 Å². The molecule has 0 radical (unpaired) electrons. The smallest absolute Gasteiger partial charge is 0.221 e. The van der Waals surface area contributed by atoms with Gasteiger partial charge < -0.3 is 10.7 Å². The van der Waals surface area contributed by atoms with Crippen LogP contribution in [0.5, 0.6) is 0 Å². The SMILES string of the molecule is NC(=O)C1CCCN(Cc2cc(=O)c3cccc(Cl)c3[nH]2)C1.